The van der Waals surface area contributed by atoms with Gasteiger partial charge in [0.25, 0.3) is 0 Å². The van der Waals surface area contributed by atoms with Crippen molar-refractivity contribution < 1.29 is 9.59 Å². The van der Waals surface area contributed by atoms with Gasteiger partial charge in [0.2, 0.25) is 11.8 Å². The Morgan fingerprint density at radius 2 is 2.06 bits per heavy atom. The number of amides is 2. The maximum atomic E-state index is 12.8. The molecule has 1 aliphatic heterocycles. The molecule has 0 spiro atoms. The zero-order chi connectivity index (χ0) is 24.6. The lowest BCUT2D eigenvalue weighted by molar-refractivity contribution is -0.134. The summed E-state index contributed by atoms with van der Waals surface area (Å²) in [7, 11) is 0. The van der Waals surface area contributed by atoms with Gasteiger partial charge in [0.05, 0.1) is 5.75 Å². The van der Waals surface area contributed by atoms with E-state index in [0.29, 0.717) is 42.9 Å². The highest BCUT2D eigenvalue weighted by molar-refractivity contribution is 7.99. The Morgan fingerprint density at radius 1 is 1.23 bits per heavy atom. The van der Waals surface area contributed by atoms with Gasteiger partial charge in [0, 0.05) is 57.1 Å². The predicted molar refractivity (Wildman–Crippen MR) is 138 cm³/mol. The molecule has 1 saturated carbocycles. The maximum absolute atomic E-state index is 12.8. The minimum absolute atomic E-state index is 0.0999. The number of halogens is 1. The number of carbonyl (C=O) groups excluding carboxylic acids is 2. The lowest BCUT2D eigenvalue weighted by Crippen LogP contribution is -2.54. The number of nitrogens with zero attached hydrogens (tertiary/aromatic N) is 5. The average Bonchev–Trinajstić information content (AvgIpc) is 3.39. The Hall–Kier alpha value is -2.39. The van der Waals surface area contributed by atoms with Gasteiger partial charge in [0.1, 0.15) is 11.0 Å². The van der Waals surface area contributed by atoms with Crippen LogP contribution in [0.3, 0.4) is 0 Å². The Labute approximate surface area is 216 Å². The quantitative estimate of drug-likeness (QED) is 0.306. The molecule has 188 valence electrons. The number of nitrogens with one attached hydrogen (secondary N) is 1. The summed E-state index contributed by atoms with van der Waals surface area (Å²) in [6, 6.07) is 5.60. The van der Waals surface area contributed by atoms with E-state index in [1.807, 2.05) is 17.0 Å². The number of piperazine rings is 1. The zero-order valence-electron chi connectivity index (χ0n) is 20.2. The molecule has 3 heterocycles. The molecule has 0 radical (unpaired) electrons. The standard InChI is InChI=1S/C25H33ClN6O2S/c1-18-16-31(11-12-32(18)24(34)9-8-19-5-2-3-6-19)22-13-21(26)29-25(30-22)35-17-23(33)28-15-20-7-4-10-27-14-20/h4,7,10,13-14,18-19H,2-3,5-6,8-9,11-12,15-17H2,1H3,(H,28,33). The number of rotatable bonds is 9. The third-order valence-electron chi connectivity index (χ3n) is 6.72. The van der Waals surface area contributed by atoms with Crippen LogP contribution in [0, 0.1) is 5.92 Å². The molecule has 2 aromatic heterocycles. The van der Waals surface area contributed by atoms with E-state index < -0.39 is 0 Å². The fourth-order valence-electron chi connectivity index (χ4n) is 4.80. The van der Waals surface area contributed by atoms with E-state index in [-0.39, 0.29) is 23.6 Å². The van der Waals surface area contributed by atoms with Crippen LogP contribution in [0.15, 0.2) is 35.7 Å². The maximum Gasteiger partial charge on any atom is 0.230 e. The fourth-order valence-corrected chi connectivity index (χ4v) is 5.71. The van der Waals surface area contributed by atoms with Crippen molar-refractivity contribution >= 4 is 41.0 Å². The van der Waals surface area contributed by atoms with Crippen LogP contribution in [0.25, 0.3) is 0 Å². The van der Waals surface area contributed by atoms with E-state index in [0.717, 1.165) is 23.7 Å². The van der Waals surface area contributed by atoms with Crippen LogP contribution in [0.5, 0.6) is 0 Å². The van der Waals surface area contributed by atoms with Crippen LogP contribution < -0.4 is 10.2 Å². The molecule has 8 nitrogen and oxygen atoms in total. The molecule has 35 heavy (non-hydrogen) atoms. The molecule has 2 aliphatic rings. The molecule has 2 fully saturated rings. The fraction of sp³-hybridized carbons (Fsp3) is 0.560. The van der Waals surface area contributed by atoms with Gasteiger partial charge < -0.3 is 15.1 Å². The number of thioether (sulfide) groups is 1. The second-order valence-corrected chi connectivity index (χ2v) is 10.7. The van der Waals surface area contributed by atoms with Crippen LogP contribution in [0.4, 0.5) is 5.82 Å². The largest absolute Gasteiger partial charge is 0.353 e. The molecule has 0 aromatic carbocycles. The Bertz CT molecular complexity index is 1000. The predicted octanol–water partition coefficient (Wildman–Crippen LogP) is 3.94. The molecule has 1 unspecified atom stereocenters. The molecule has 1 N–H and O–H groups in total. The summed E-state index contributed by atoms with van der Waals surface area (Å²) in [6.45, 7) is 4.58. The lowest BCUT2D eigenvalue weighted by Gasteiger charge is -2.40. The van der Waals surface area contributed by atoms with Gasteiger partial charge in [-0.3, -0.25) is 14.6 Å². The summed E-state index contributed by atoms with van der Waals surface area (Å²) in [5.41, 5.74) is 0.942. The summed E-state index contributed by atoms with van der Waals surface area (Å²) in [5.74, 6) is 1.81. The molecule has 0 bridgehead atoms. The number of anilines is 1. The third-order valence-corrected chi connectivity index (χ3v) is 7.76. The highest BCUT2D eigenvalue weighted by Crippen LogP contribution is 2.29. The zero-order valence-corrected chi connectivity index (χ0v) is 21.7. The molecule has 2 aromatic rings. The monoisotopic (exact) mass is 516 g/mol. The number of carbonyl (C=O) groups is 2. The van der Waals surface area contributed by atoms with Gasteiger partial charge >= 0.3 is 0 Å². The SMILES string of the molecule is CC1CN(c2cc(Cl)nc(SCC(=O)NCc3cccnc3)n2)CCN1C(=O)CCC1CCCC1. The first kappa shape index (κ1) is 25.7. The Morgan fingerprint density at radius 3 is 2.80 bits per heavy atom. The van der Waals surface area contributed by atoms with Gasteiger partial charge in [-0.05, 0) is 30.9 Å². The van der Waals surface area contributed by atoms with Crippen LogP contribution >= 0.6 is 23.4 Å². The van der Waals surface area contributed by atoms with Gasteiger partial charge in [-0.25, -0.2) is 9.97 Å². The summed E-state index contributed by atoms with van der Waals surface area (Å²) < 4.78 is 0. The van der Waals surface area contributed by atoms with Crippen LogP contribution in [0.1, 0.15) is 51.0 Å². The van der Waals surface area contributed by atoms with E-state index in [1.54, 1.807) is 18.5 Å². The van der Waals surface area contributed by atoms with Crippen molar-refractivity contribution in [2.45, 2.75) is 63.2 Å². The smallest absolute Gasteiger partial charge is 0.230 e. The minimum Gasteiger partial charge on any atom is -0.353 e. The second-order valence-electron chi connectivity index (χ2n) is 9.33. The Kier molecular flexibility index (Phi) is 9.20. The van der Waals surface area contributed by atoms with E-state index >= 15 is 0 Å². The summed E-state index contributed by atoms with van der Waals surface area (Å²) >= 11 is 7.54. The number of hydrogen-bond donors (Lipinski definition) is 1. The molecule has 10 heteroatoms. The van der Waals surface area contributed by atoms with Crippen molar-refractivity contribution in [3.05, 3.63) is 41.3 Å². The van der Waals surface area contributed by atoms with Crippen molar-refractivity contribution in [1.82, 2.24) is 25.2 Å². The van der Waals surface area contributed by atoms with Gasteiger partial charge in [-0.2, -0.15) is 0 Å². The van der Waals surface area contributed by atoms with Crippen molar-refractivity contribution in [1.29, 1.82) is 0 Å². The summed E-state index contributed by atoms with van der Waals surface area (Å²) in [6.07, 6.45) is 10.3. The van der Waals surface area contributed by atoms with Gasteiger partial charge in [0.15, 0.2) is 5.16 Å². The number of aromatic nitrogens is 3. The molecule has 2 amide bonds. The first-order chi connectivity index (χ1) is 17.0. The minimum atomic E-state index is -0.109. The van der Waals surface area contributed by atoms with Gasteiger partial charge in [-0.15, -0.1) is 0 Å². The highest BCUT2D eigenvalue weighted by atomic mass is 35.5. The second kappa shape index (κ2) is 12.5. The summed E-state index contributed by atoms with van der Waals surface area (Å²) in [4.78, 5) is 42.2. The van der Waals surface area contributed by atoms with Crippen LogP contribution in [-0.2, 0) is 16.1 Å². The highest BCUT2D eigenvalue weighted by Gasteiger charge is 2.29. The van der Waals surface area contributed by atoms with Crippen molar-refractivity contribution in [3.63, 3.8) is 0 Å². The van der Waals surface area contributed by atoms with E-state index in [4.69, 9.17) is 11.6 Å². The van der Waals surface area contributed by atoms with Crippen molar-refractivity contribution in [2.75, 3.05) is 30.3 Å². The third kappa shape index (κ3) is 7.54. The molecule has 1 saturated heterocycles. The molecule has 4 rings (SSSR count). The number of hydrogen-bond acceptors (Lipinski definition) is 7. The lowest BCUT2D eigenvalue weighted by atomic mass is 10.0. The average molecular weight is 517 g/mol. The van der Waals surface area contributed by atoms with E-state index in [9.17, 15) is 9.59 Å². The van der Waals surface area contributed by atoms with E-state index in [2.05, 4.69) is 32.1 Å². The van der Waals surface area contributed by atoms with Crippen LogP contribution in [0.2, 0.25) is 5.15 Å². The first-order valence-corrected chi connectivity index (χ1v) is 13.7. The van der Waals surface area contributed by atoms with Gasteiger partial charge in [-0.1, -0.05) is 55.1 Å². The van der Waals surface area contributed by atoms with Crippen molar-refractivity contribution in [3.8, 4) is 0 Å². The van der Waals surface area contributed by atoms with Crippen LogP contribution in [-0.4, -0.2) is 63.1 Å². The van der Waals surface area contributed by atoms with Crippen molar-refractivity contribution in [2.24, 2.45) is 5.92 Å². The first-order valence-electron chi connectivity index (χ1n) is 12.4. The molecular formula is C25H33ClN6O2S. The molecule has 1 aliphatic carbocycles. The topological polar surface area (TPSA) is 91.3 Å². The normalized spacial score (nSPS) is 18.6. The summed E-state index contributed by atoms with van der Waals surface area (Å²) in [5, 5.41) is 3.68. The molecule has 1 atom stereocenters. The Balaban J connectivity index is 1.27. The number of pyridine rings is 1. The van der Waals surface area contributed by atoms with E-state index in [1.165, 1.54) is 37.4 Å². The molecular weight excluding hydrogens is 484 g/mol.